The molecule has 2 saturated heterocycles. The fourth-order valence-corrected chi connectivity index (χ4v) is 3.12. The topological polar surface area (TPSA) is 41.7 Å². The molecule has 2 N–H and O–H groups in total. The van der Waals surface area contributed by atoms with Crippen molar-refractivity contribution in [2.45, 2.75) is 44.8 Å². The lowest BCUT2D eigenvalue weighted by Gasteiger charge is -2.37. The monoisotopic (exact) mass is 285 g/mol. The first-order chi connectivity index (χ1) is 9.16. The molecule has 4 nitrogen and oxygen atoms in total. The molecule has 2 unspecified atom stereocenters. The van der Waals surface area contributed by atoms with Crippen LogP contribution in [0.4, 0.5) is 0 Å². The van der Waals surface area contributed by atoms with Gasteiger partial charge in [-0.3, -0.25) is 4.90 Å². The van der Waals surface area contributed by atoms with Crippen molar-refractivity contribution in [3.63, 3.8) is 0 Å². The summed E-state index contributed by atoms with van der Waals surface area (Å²) in [6.45, 7) is 8.72. The highest BCUT2D eigenvalue weighted by Gasteiger charge is 2.22. The Hall–Kier alpha value is -0.230. The van der Waals surface area contributed by atoms with Gasteiger partial charge in [-0.15, -0.1) is 0 Å². The van der Waals surface area contributed by atoms with Crippen molar-refractivity contribution in [2.24, 2.45) is 5.73 Å². The Bertz CT molecular complexity index is 286. The first kappa shape index (κ1) is 15.2. The van der Waals surface area contributed by atoms with E-state index in [0.717, 1.165) is 32.8 Å². The fraction of sp³-hybridized carbons (Fsp3) is 0.929. The van der Waals surface area contributed by atoms with Crippen LogP contribution in [0.1, 0.15) is 32.6 Å². The number of thiocarbonyl (C=S) groups is 1. The summed E-state index contributed by atoms with van der Waals surface area (Å²) in [7, 11) is 0. The molecule has 0 aromatic rings. The van der Waals surface area contributed by atoms with Crippen molar-refractivity contribution in [1.82, 2.24) is 9.80 Å². The van der Waals surface area contributed by atoms with Crippen molar-refractivity contribution in [3.8, 4) is 0 Å². The summed E-state index contributed by atoms with van der Waals surface area (Å²) < 4.78 is 5.66. The Balaban J connectivity index is 1.59. The molecule has 0 bridgehead atoms. The standard InChI is InChI=1S/C14H27N3OS/c1-12(14(15)19)17-9-7-16(8-10-17)6-2-4-13-5-3-11-18-13/h12-13H,2-11H2,1H3,(H2,15,19). The van der Waals surface area contributed by atoms with E-state index in [9.17, 15) is 0 Å². The second-order valence-electron chi connectivity index (χ2n) is 5.73. The van der Waals surface area contributed by atoms with Crippen LogP contribution in [0.25, 0.3) is 0 Å². The number of nitrogens with two attached hydrogens (primary N) is 1. The smallest absolute Gasteiger partial charge is 0.0899 e. The van der Waals surface area contributed by atoms with E-state index in [1.54, 1.807) is 0 Å². The Labute approximate surface area is 122 Å². The molecule has 5 heteroatoms. The van der Waals surface area contributed by atoms with Gasteiger partial charge in [0.2, 0.25) is 0 Å². The molecule has 2 atom stereocenters. The van der Waals surface area contributed by atoms with Gasteiger partial charge < -0.3 is 15.4 Å². The molecule has 0 aromatic heterocycles. The molecule has 0 radical (unpaired) electrons. The van der Waals surface area contributed by atoms with Crippen LogP contribution in [0.3, 0.4) is 0 Å². The number of nitrogens with zero attached hydrogens (tertiary/aromatic N) is 2. The third-order valence-electron chi connectivity index (χ3n) is 4.39. The third kappa shape index (κ3) is 4.67. The molecule has 19 heavy (non-hydrogen) atoms. The van der Waals surface area contributed by atoms with Crippen LogP contribution < -0.4 is 5.73 Å². The minimum atomic E-state index is 0.240. The quantitative estimate of drug-likeness (QED) is 0.744. The van der Waals surface area contributed by atoms with Crippen LogP contribution in [0.15, 0.2) is 0 Å². The van der Waals surface area contributed by atoms with Gasteiger partial charge in [-0.2, -0.15) is 0 Å². The van der Waals surface area contributed by atoms with E-state index in [1.165, 1.54) is 32.2 Å². The molecule has 0 aromatic carbocycles. The summed E-state index contributed by atoms with van der Waals surface area (Å²) >= 11 is 5.07. The Morgan fingerprint density at radius 3 is 2.68 bits per heavy atom. The van der Waals surface area contributed by atoms with Crippen molar-refractivity contribution >= 4 is 17.2 Å². The average molecular weight is 285 g/mol. The number of hydrogen-bond donors (Lipinski definition) is 1. The second kappa shape index (κ2) is 7.53. The van der Waals surface area contributed by atoms with E-state index in [-0.39, 0.29) is 6.04 Å². The first-order valence-electron chi connectivity index (χ1n) is 7.54. The summed E-state index contributed by atoms with van der Waals surface area (Å²) in [4.78, 5) is 5.56. The molecule has 2 aliphatic heterocycles. The molecule has 0 amide bonds. The van der Waals surface area contributed by atoms with Crippen LogP contribution in [-0.2, 0) is 4.74 Å². The maximum atomic E-state index is 5.71. The first-order valence-corrected chi connectivity index (χ1v) is 7.95. The molecule has 2 heterocycles. The SMILES string of the molecule is CC(C(N)=S)N1CCN(CCCC2CCCO2)CC1. The number of piperazine rings is 1. The van der Waals surface area contributed by atoms with Crippen LogP contribution >= 0.6 is 12.2 Å². The van der Waals surface area contributed by atoms with Gasteiger partial charge in [0.25, 0.3) is 0 Å². The molecule has 2 aliphatic rings. The van der Waals surface area contributed by atoms with Gasteiger partial charge in [0.15, 0.2) is 0 Å². The van der Waals surface area contributed by atoms with E-state index >= 15 is 0 Å². The number of hydrogen-bond acceptors (Lipinski definition) is 4. The van der Waals surface area contributed by atoms with Crippen LogP contribution in [-0.4, -0.2) is 66.3 Å². The zero-order chi connectivity index (χ0) is 13.7. The largest absolute Gasteiger partial charge is 0.392 e. The zero-order valence-corrected chi connectivity index (χ0v) is 12.8. The van der Waals surface area contributed by atoms with Gasteiger partial charge in [-0.25, -0.2) is 0 Å². The molecule has 0 aliphatic carbocycles. The number of ether oxygens (including phenoxy) is 1. The lowest BCUT2D eigenvalue weighted by Crippen LogP contribution is -2.52. The van der Waals surface area contributed by atoms with E-state index in [1.807, 2.05) is 0 Å². The molecular weight excluding hydrogens is 258 g/mol. The van der Waals surface area contributed by atoms with Crippen molar-refractivity contribution in [3.05, 3.63) is 0 Å². The lowest BCUT2D eigenvalue weighted by molar-refractivity contribution is 0.0898. The van der Waals surface area contributed by atoms with E-state index in [0.29, 0.717) is 11.1 Å². The Morgan fingerprint density at radius 2 is 2.11 bits per heavy atom. The van der Waals surface area contributed by atoms with Gasteiger partial charge in [-0.1, -0.05) is 12.2 Å². The summed E-state index contributed by atoms with van der Waals surface area (Å²) in [6, 6.07) is 0.240. The molecule has 110 valence electrons. The van der Waals surface area contributed by atoms with Gasteiger partial charge in [0.05, 0.1) is 17.1 Å². The van der Waals surface area contributed by atoms with Crippen molar-refractivity contribution < 1.29 is 4.74 Å². The summed E-state index contributed by atoms with van der Waals surface area (Å²) in [5, 5.41) is 0. The van der Waals surface area contributed by atoms with E-state index in [2.05, 4.69) is 16.7 Å². The second-order valence-corrected chi connectivity index (χ2v) is 6.20. The lowest BCUT2D eigenvalue weighted by atomic mass is 10.1. The molecule has 2 rings (SSSR count). The predicted octanol–water partition coefficient (Wildman–Crippen LogP) is 1.24. The molecule has 0 saturated carbocycles. The van der Waals surface area contributed by atoms with Crippen LogP contribution in [0.2, 0.25) is 0 Å². The highest BCUT2D eigenvalue weighted by atomic mass is 32.1. The van der Waals surface area contributed by atoms with E-state index in [4.69, 9.17) is 22.7 Å². The average Bonchev–Trinajstić information content (AvgIpc) is 2.92. The van der Waals surface area contributed by atoms with E-state index < -0.39 is 0 Å². The minimum Gasteiger partial charge on any atom is -0.392 e. The maximum absolute atomic E-state index is 5.71. The van der Waals surface area contributed by atoms with Crippen LogP contribution in [0, 0.1) is 0 Å². The van der Waals surface area contributed by atoms with Gasteiger partial charge in [-0.05, 0) is 39.2 Å². The highest BCUT2D eigenvalue weighted by molar-refractivity contribution is 7.80. The summed E-state index contributed by atoms with van der Waals surface area (Å²) in [6.07, 6.45) is 5.54. The van der Waals surface area contributed by atoms with Gasteiger partial charge in [0, 0.05) is 32.8 Å². The van der Waals surface area contributed by atoms with Crippen molar-refractivity contribution in [2.75, 3.05) is 39.3 Å². The minimum absolute atomic E-state index is 0.240. The molecule has 2 fully saturated rings. The van der Waals surface area contributed by atoms with Gasteiger partial charge >= 0.3 is 0 Å². The van der Waals surface area contributed by atoms with Crippen molar-refractivity contribution in [1.29, 1.82) is 0 Å². The third-order valence-corrected chi connectivity index (χ3v) is 4.73. The van der Waals surface area contributed by atoms with Crippen LogP contribution in [0.5, 0.6) is 0 Å². The number of rotatable bonds is 6. The molecular formula is C14H27N3OS. The Morgan fingerprint density at radius 1 is 1.37 bits per heavy atom. The maximum Gasteiger partial charge on any atom is 0.0899 e. The fourth-order valence-electron chi connectivity index (χ4n) is 2.97. The summed E-state index contributed by atoms with van der Waals surface area (Å²) in [5.41, 5.74) is 5.71. The summed E-state index contributed by atoms with van der Waals surface area (Å²) in [5.74, 6) is 0. The zero-order valence-electron chi connectivity index (χ0n) is 12.0. The highest BCUT2D eigenvalue weighted by Crippen LogP contribution is 2.17. The Kier molecular flexibility index (Phi) is 6.01. The predicted molar refractivity (Wildman–Crippen MR) is 82.5 cm³/mol. The normalized spacial score (nSPS) is 27.5. The van der Waals surface area contributed by atoms with Gasteiger partial charge in [0.1, 0.15) is 0 Å². The molecule has 0 spiro atoms.